The Bertz CT molecular complexity index is 944. The molecule has 0 spiro atoms. The van der Waals surface area contributed by atoms with Crippen molar-refractivity contribution >= 4 is 44.8 Å². The smallest absolute Gasteiger partial charge is 0.265 e. The lowest BCUT2D eigenvalue weighted by Gasteiger charge is -2.12. The van der Waals surface area contributed by atoms with Crippen molar-refractivity contribution in [1.29, 1.82) is 0 Å². The van der Waals surface area contributed by atoms with Crippen LogP contribution in [0.4, 0.5) is 10.1 Å². The first-order valence-corrected chi connectivity index (χ1v) is 9.38. The Morgan fingerprint density at radius 1 is 1.04 bits per heavy atom. The molecule has 3 rings (SSSR count). The van der Waals surface area contributed by atoms with E-state index in [0.717, 1.165) is 0 Å². The molecule has 4 nitrogen and oxygen atoms in total. The van der Waals surface area contributed by atoms with E-state index >= 15 is 0 Å². The minimum atomic E-state index is -0.374. The molecule has 0 radical (unpaired) electrons. The third-order valence-corrected chi connectivity index (χ3v) is 5.25. The Hall–Kier alpha value is -2.51. The normalized spacial score (nSPS) is 10.4. The van der Waals surface area contributed by atoms with E-state index in [1.54, 1.807) is 42.5 Å². The van der Waals surface area contributed by atoms with Gasteiger partial charge >= 0.3 is 0 Å². The molecule has 0 saturated carbocycles. The zero-order valence-corrected chi connectivity index (χ0v) is 15.9. The number of rotatable bonds is 5. The largest absolute Gasteiger partial charge is 0.348 e. The summed E-state index contributed by atoms with van der Waals surface area (Å²) in [4.78, 5) is 25.3. The van der Waals surface area contributed by atoms with Crippen LogP contribution in [0.15, 0.2) is 64.5 Å². The van der Waals surface area contributed by atoms with Crippen LogP contribution in [-0.2, 0) is 6.54 Å². The minimum absolute atomic E-state index is 0.157. The Kier molecular flexibility index (Phi) is 5.80. The van der Waals surface area contributed by atoms with Crippen molar-refractivity contribution in [2.24, 2.45) is 0 Å². The molecule has 1 heterocycles. The fourth-order valence-electron chi connectivity index (χ4n) is 2.33. The van der Waals surface area contributed by atoms with Gasteiger partial charge in [0.2, 0.25) is 0 Å². The molecule has 2 amide bonds. The maximum Gasteiger partial charge on any atom is 0.265 e. The lowest BCUT2D eigenvalue weighted by molar-refractivity contribution is 0.0951. The van der Waals surface area contributed by atoms with Gasteiger partial charge in [0.15, 0.2) is 0 Å². The van der Waals surface area contributed by atoms with Crippen molar-refractivity contribution < 1.29 is 14.0 Å². The van der Waals surface area contributed by atoms with Crippen LogP contribution in [0.25, 0.3) is 0 Å². The van der Waals surface area contributed by atoms with Crippen LogP contribution in [0.3, 0.4) is 0 Å². The van der Waals surface area contributed by atoms with E-state index in [0.29, 0.717) is 26.2 Å². The number of thiophene rings is 1. The van der Waals surface area contributed by atoms with Crippen molar-refractivity contribution in [3.8, 4) is 0 Å². The SMILES string of the molecule is O=C(Nc1ccccc1C(=O)NCc1cc(F)ccc1Br)c1cccs1. The first-order valence-electron chi connectivity index (χ1n) is 7.70. The summed E-state index contributed by atoms with van der Waals surface area (Å²) >= 11 is 4.65. The van der Waals surface area contributed by atoms with Gasteiger partial charge < -0.3 is 10.6 Å². The highest BCUT2D eigenvalue weighted by atomic mass is 79.9. The molecule has 0 atom stereocenters. The van der Waals surface area contributed by atoms with Gasteiger partial charge in [-0.1, -0.05) is 34.1 Å². The van der Waals surface area contributed by atoms with E-state index in [-0.39, 0.29) is 24.2 Å². The predicted molar refractivity (Wildman–Crippen MR) is 104 cm³/mol. The van der Waals surface area contributed by atoms with Crippen molar-refractivity contribution in [3.63, 3.8) is 0 Å². The number of para-hydroxylation sites is 1. The number of nitrogens with one attached hydrogen (secondary N) is 2. The molecule has 0 aliphatic rings. The van der Waals surface area contributed by atoms with Crippen molar-refractivity contribution in [3.05, 3.63) is 86.3 Å². The van der Waals surface area contributed by atoms with Gasteiger partial charge in [-0.05, 0) is 47.3 Å². The standard InChI is InChI=1S/C19H14BrFN2O2S/c20-15-8-7-13(21)10-12(15)11-22-18(24)14-4-1-2-5-16(14)23-19(25)17-6-3-9-26-17/h1-10H,11H2,(H,22,24)(H,23,25). The third-order valence-electron chi connectivity index (χ3n) is 3.61. The molecule has 2 N–H and O–H groups in total. The number of carbonyl (C=O) groups excluding carboxylic acids is 2. The van der Waals surface area contributed by atoms with Gasteiger partial charge in [-0.3, -0.25) is 9.59 Å². The molecule has 0 saturated heterocycles. The molecule has 0 aliphatic carbocycles. The number of anilines is 1. The van der Waals surface area contributed by atoms with Gasteiger partial charge in [-0.2, -0.15) is 0 Å². The Morgan fingerprint density at radius 3 is 2.62 bits per heavy atom. The quantitative estimate of drug-likeness (QED) is 0.606. The maximum atomic E-state index is 13.4. The molecular weight excluding hydrogens is 419 g/mol. The molecule has 0 fully saturated rings. The molecule has 0 bridgehead atoms. The van der Waals surface area contributed by atoms with Gasteiger partial charge in [0.05, 0.1) is 16.1 Å². The molecule has 0 unspecified atom stereocenters. The molecule has 26 heavy (non-hydrogen) atoms. The lowest BCUT2D eigenvalue weighted by Crippen LogP contribution is -2.25. The first-order chi connectivity index (χ1) is 12.5. The molecule has 7 heteroatoms. The number of carbonyl (C=O) groups is 2. The van der Waals surface area contributed by atoms with E-state index in [4.69, 9.17) is 0 Å². The minimum Gasteiger partial charge on any atom is -0.348 e. The van der Waals surface area contributed by atoms with Crippen LogP contribution < -0.4 is 10.6 Å². The predicted octanol–water partition coefficient (Wildman–Crippen LogP) is 4.83. The Labute approximate surface area is 162 Å². The van der Waals surface area contributed by atoms with Gasteiger partial charge in [-0.25, -0.2) is 4.39 Å². The van der Waals surface area contributed by atoms with Crippen molar-refractivity contribution in [2.45, 2.75) is 6.54 Å². The number of hydrogen-bond acceptors (Lipinski definition) is 3. The Balaban J connectivity index is 1.73. The van der Waals surface area contributed by atoms with Crippen LogP contribution in [-0.4, -0.2) is 11.8 Å². The summed E-state index contributed by atoms with van der Waals surface area (Å²) in [6.45, 7) is 0.157. The van der Waals surface area contributed by atoms with Crippen molar-refractivity contribution in [1.82, 2.24) is 5.32 Å². The highest BCUT2D eigenvalue weighted by molar-refractivity contribution is 9.10. The maximum absolute atomic E-state index is 13.4. The van der Waals surface area contributed by atoms with Crippen LogP contribution in [0.5, 0.6) is 0 Å². The fraction of sp³-hybridized carbons (Fsp3) is 0.0526. The molecule has 0 aliphatic heterocycles. The van der Waals surface area contributed by atoms with E-state index in [9.17, 15) is 14.0 Å². The van der Waals surface area contributed by atoms with Crippen LogP contribution >= 0.6 is 27.3 Å². The van der Waals surface area contributed by atoms with Gasteiger partial charge in [0.1, 0.15) is 5.82 Å². The van der Waals surface area contributed by atoms with E-state index in [1.807, 2.05) is 5.38 Å². The first kappa shape index (κ1) is 18.3. The van der Waals surface area contributed by atoms with E-state index < -0.39 is 0 Å². The number of hydrogen-bond donors (Lipinski definition) is 2. The summed E-state index contributed by atoms with van der Waals surface area (Å²) < 4.78 is 14.1. The molecular formula is C19H14BrFN2O2S. The van der Waals surface area contributed by atoms with Gasteiger partial charge in [-0.15, -0.1) is 11.3 Å². The second-order valence-corrected chi connectivity index (χ2v) is 7.20. The average Bonchev–Trinajstić information content (AvgIpc) is 3.17. The van der Waals surface area contributed by atoms with Crippen LogP contribution in [0.1, 0.15) is 25.6 Å². The molecule has 132 valence electrons. The summed E-state index contributed by atoms with van der Waals surface area (Å²) in [6.07, 6.45) is 0. The summed E-state index contributed by atoms with van der Waals surface area (Å²) in [5, 5.41) is 7.31. The number of benzene rings is 2. The summed E-state index contributed by atoms with van der Waals surface area (Å²) in [5.74, 6) is -1.00. The average molecular weight is 433 g/mol. The van der Waals surface area contributed by atoms with E-state index in [1.165, 1.54) is 23.5 Å². The summed E-state index contributed by atoms with van der Waals surface area (Å²) in [6, 6.07) is 14.5. The van der Waals surface area contributed by atoms with Gasteiger partial charge in [0.25, 0.3) is 11.8 Å². The van der Waals surface area contributed by atoms with Crippen LogP contribution in [0.2, 0.25) is 0 Å². The number of amides is 2. The monoisotopic (exact) mass is 432 g/mol. The molecule has 2 aromatic carbocycles. The van der Waals surface area contributed by atoms with E-state index in [2.05, 4.69) is 26.6 Å². The summed E-state index contributed by atoms with van der Waals surface area (Å²) in [5.41, 5.74) is 1.38. The highest BCUT2D eigenvalue weighted by Crippen LogP contribution is 2.20. The van der Waals surface area contributed by atoms with Crippen molar-refractivity contribution in [2.75, 3.05) is 5.32 Å². The zero-order valence-electron chi connectivity index (χ0n) is 13.5. The molecule has 1 aromatic heterocycles. The lowest BCUT2D eigenvalue weighted by atomic mass is 10.1. The van der Waals surface area contributed by atoms with Gasteiger partial charge in [0, 0.05) is 11.0 Å². The highest BCUT2D eigenvalue weighted by Gasteiger charge is 2.15. The second kappa shape index (κ2) is 8.25. The topological polar surface area (TPSA) is 58.2 Å². The summed E-state index contributed by atoms with van der Waals surface area (Å²) in [7, 11) is 0. The zero-order chi connectivity index (χ0) is 18.5. The third kappa shape index (κ3) is 4.36. The fourth-order valence-corrected chi connectivity index (χ4v) is 3.34. The number of halogens is 2. The van der Waals surface area contributed by atoms with Crippen LogP contribution in [0, 0.1) is 5.82 Å². The molecule has 3 aromatic rings. The second-order valence-electron chi connectivity index (χ2n) is 5.40. The Morgan fingerprint density at radius 2 is 1.85 bits per heavy atom.